The number of ether oxygens (including phenoxy) is 1. The largest absolute Gasteiger partial charge is 0.385 e. The van der Waals surface area contributed by atoms with Crippen LogP contribution in [0.25, 0.3) is 11.2 Å². The van der Waals surface area contributed by atoms with Gasteiger partial charge in [-0.15, -0.1) is 0 Å². The van der Waals surface area contributed by atoms with Crippen LogP contribution in [0, 0.1) is 0 Å². The number of anilines is 1. The number of imidazole rings is 1. The Labute approximate surface area is 121 Å². The Hall–Kier alpha value is -1.33. The van der Waals surface area contributed by atoms with Gasteiger partial charge < -0.3 is 25.8 Å². The zero-order valence-electron chi connectivity index (χ0n) is 10.3. The summed E-state index contributed by atoms with van der Waals surface area (Å²) in [7, 11) is 0. The molecule has 0 amide bonds. The third kappa shape index (κ3) is 1.80. The standard InChI is InChI=1S/C10H12BrN5O4/c1-10(19)5(18)4(17)8(20-10)16-7-3(15-9(16)11)6(12)13-2-14-7/h2,4-5,8,17-19H,1H3,(H2,12,13,14)/t4-,5+,8+,10+/m0/s1. The lowest BCUT2D eigenvalue weighted by molar-refractivity contribution is -0.224. The van der Waals surface area contributed by atoms with E-state index in [4.69, 9.17) is 10.5 Å². The lowest BCUT2D eigenvalue weighted by Gasteiger charge is -2.20. The fourth-order valence-corrected chi connectivity index (χ4v) is 2.73. The highest BCUT2D eigenvalue weighted by molar-refractivity contribution is 9.10. The second-order valence-corrected chi connectivity index (χ2v) is 5.39. The number of hydrogen-bond donors (Lipinski definition) is 4. The number of hydrogen-bond acceptors (Lipinski definition) is 8. The predicted molar refractivity (Wildman–Crippen MR) is 70.2 cm³/mol. The van der Waals surface area contributed by atoms with Crippen molar-refractivity contribution in [2.24, 2.45) is 0 Å². The normalized spacial score (nSPS) is 34.0. The zero-order chi connectivity index (χ0) is 14.7. The lowest BCUT2D eigenvalue weighted by atomic mass is 10.1. The molecule has 0 spiro atoms. The first-order valence-corrected chi connectivity index (χ1v) is 6.52. The van der Waals surface area contributed by atoms with E-state index in [-0.39, 0.29) is 10.6 Å². The predicted octanol–water partition coefficient (Wildman–Crippen LogP) is -0.870. The Balaban J connectivity index is 2.16. The van der Waals surface area contributed by atoms with Crippen molar-refractivity contribution < 1.29 is 20.1 Å². The molecule has 20 heavy (non-hydrogen) atoms. The topological polar surface area (TPSA) is 140 Å². The van der Waals surface area contributed by atoms with Crippen LogP contribution in [0.3, 0.4) is 0 Å². The molecule has 108 valence electrons. The van der Waals surface area contributed by atoms with Crippen LogP contribution in [-0.2, 0) is 4.74 Å². The van der Waals surface area contributed by atoms with Crippen molar-refractivity contribution >= 4 is 32.9 Å². The molecule has 3 rings (SSSR count). The third-order valence-corrected chi connectivity index (χ3v) is 3.80. The highest BCUT2D eigenvalue weighted by Crippen LogP contribution is 2.38. The lowest BCUT2D eigenvalue weighted by Crippen LogP contribution is -2.40. The molecule has 0 aromatic carbocycles. The Morgan fingerprint density at radius 1 is 1.45 bits per heavy atom. The van der Waals surface area contributed by atoms with Gasteiger partial charge in [0.2, 0.25) is 0 Å². The maximum atomic E-state index is 10.0. The van der Waals surface area contributed by atoms with Crippen LogP contribution in [-0.4, -0.2) is 52.8 Å². The second kappa shape index (κ2) is 4.33. The van der Waals surface area contributed by atoms with Gasteiger partial charge in [0.1, 0.15) is 18.5 Å². The minimum atomic E-state index is -1.88. The van der Waals surface area contributed by atoms with Gasteiger partial charge in [-0.25, -0.2) is 15.0 Å². The maximum absolute atomic E-state index is 10.0. The van der Waals surface area contributed by atoms with E-state index in [1.54, 1.807) is 0 Å². The first-order chi connectivity index (χ1) is 9.33. The molecule has 2 aromatic heterocycles. The van der Waals surface area contributed by atoms with Crippen LogP contribution in [0.15, 0.2) is 11.1 Å². The monoisotopic (exact) mass is 345 g/mol. The van der Waals surface area contributed by atoms with Crippen LogP contribution in [0.4, 0.5) is 5.82 Å². The highest BCUT2D eigenvalue weighted by Gasteiger charge is 2.52. The molecule has 0 saturated carbocycles. The summed E-state index contributed by atoms with van der Waals surface area (Å²) in [5.41, 5.74) is 6.35. The smallest absolute Gasteiger partial charge is 0.194 e. The summed E-state index contributed by atoms with van der Waals surface area (Å²) in [6.07, 6.45) is -2.63. The summed E-state index contributed by atoms with van der Waals surface area (Å²) in [4.78, 5) is 12.0. The zero-order valence-corrected chi connectivity index (χ0v) is 11.9. The van der Waals surface area contributed by atoms with Crippen LogP contribution >= 0.6 is 15.9 Å². The molecule has 4 atom stereocenters. The summed E-state index contributed by atoms with van der Waals surface area (Å²) in [6, 6.07) is 0. The molecule has 0 aliphatic carbocycles. The summed E-state index contributed by atoms with van der Waals surface area (Å²) in [6.45, 7) is 1.26. The van der Waals surface area contributed by atoms with Crippen molar-refractivity contribution in [2.45, 2.75) is 31.1 Å². The maximum Gasteiger partial charge on any atom is 0.194 e. The molecular weight excluding hydrogens is 334 g/mol. The number of nitrogen functional groups attached to an aromatic ring is 1. The molecule has 0 radical (unpaired) electrons. The van der Waals surface area contributed by atoms with E-state index >= 15 is 0 Å². The average molecular weight is 346 g/mol. The average Bonchev–Trinajstić information content (AvgIpc) is 2.80. The van der Waals surface area contributed by atoms with Crippen LogP contribution in [0.5, 0.6) is 0 Å². The van der Waals surface area contributed by atoms with E-state index in [9.17, 15) is 15.3 Å². The van der Waals surface area contributed by atoms with E-state index < -0.39 is 24.2 Å². The van der Waals surface area contributed by atoms with Crippen LogP contribution < -0.4 is 5.73 Å². The Morgan fingerprint density at radius 3 is 2.75 bits per heavy atom. The van der Waals surface area contributed by atoms with Crippen molar-refractivity contribution in [1.82, 2.24) is 19.5 Å². The fraction of sp³-hybridized carbons (Fsp3) is 0.500. The van der Waals surface area contributed by atoms with Gasteiger partial charge in [-0.2, -0.15) is 0 Å². The summed E-state index contributed by atoms with van der Waals surface area (Å²) >= 11 is 3.21. The van der Waals surface area contributed by atoms with E-state index in [2.05, 4.69) is 30.9 Å². The first kappa shape index (κ1) is 13.6. The van der Waals surface area contributed by atoms with Crippen LogP contribution in [0.1, 0.15) is 13.2 Å². The molecule has 9 nitrogen and oxygen atoms in total. The second-order valence-electron chi connectivity index (χ2n) is 4.68. The van der Waals surface area contributed by atoms with Gasteiger partial charge in [-0.05, 0) is 22.9 Å². The van der Waals surface area contributed by atoms with E-state index in [1.807, 2.05) is 0 Å². The van der Waals surface area contributed by atoms with Gasteiger partial charge in [-0.3, -0.25) is 4.57 Å². The number of aromatic nitrogens is 4. The minimum Gasteiger partial charge on any atom is -0.385 e. The molecule has 3 heterocycles. The number of nitrogens with two attached hydrogens (primary N) is 1. The van der Waals surface area contributed by atoms with Gasteiger partial charge in [0.15, 0.2) is 33.7 Å². The van der Waals surface area contributed by atoms with Crippen molar-refractivity contribution in [1.29, 1.82) is 0 Å². The van der Waals surface area contributed by atoms with E-state index in [0.717, 1.165) is 0 Å². The number of fused-ring (bicyclic) bond motifs is 1. The first-order valence-electron chi connectivity index (χ1n) is 5.73. The van der Waals surface area contributed by atoms with Gasteiger partial charge in [-0.1, -0.05) is 0 Å². The van der Waals surface area contributed by atoms with Crippen molar-refractivity contribution in [3.05, 3.63) is 11.1 Å². The SMILES string of the molecule is C[C@@]1(O)O[C@@H](n2c(Br)nc3c(N)ncnc32)[C@@H](O)[C@H]1O. The van der Waals surface area contributed by atoms with Gasteiger partial charge in [0, 0.05) is 0 Å². The van der Waals surface area contributed by atoms with Crippen molar-refractivity contribution in [2.75, 3.05) is 5.73 Å². The molecule has 2 aromatic rings. The number of aliphatic hydroxyl groups is 3. The van der Waals surface area contributed by atoms with Gasteiger partial charge in [0.05, 0.1) is 0 Å². The molecule has 1 fully saturated rings. The van der Waals surface area contributed by atoms with Crippen molar-refractivity contribution in [3.8, 4) is 0 Å². The third-order valence-electron chi connectivity index (χ3n) is 3.24. The number of halogens is 1. The summed E-state index contributed by atoms with van der Waals surface area (Å²) < 4.78 is 6.97. The fourth-order valence-electron chi connectivity index (χ4n) is 2.19. The Kier molecular flexibility index (Phi) is 2.95. The number of rotatable bonds is 1. The molecule has 0 bridgehead atoms. The molecule has 0 unspecified atom stereocenters. The van der Waals surface area contributed by atoms with Crippen molar-refractivity contribution in [3.63, 3.8) is 0 Å². The Bertz CT molecular complexity index is 675. The van der Waals surface area contributed by atoms with E-state index in [1.165, 1.54) is 17.8 Å². The van der Waals surface area contributed by atoms with Crippen LogP contribution in [0.2, 0.25) is 0 Å². The molecule has 10 heteroatoms. The molecular formula is C10H12BrN5O4. The quantitative estimate of drug-likeness (QED) is 0.489. The Morgan fingerprint density at radius 2 is 2.15 bits per heavy atom. The van der Waals surface area contributed by atoms with Gasteiger partial charge in [0.25, 0.3) is 0 Å². The summed E-state index contributed by atoms with van der Waals surface area (Å²) in [5.74, 6) is -1.70. The molecule has 1 aliphatic heterocycles. The molecule has 1 aliphatic rings. The molecule has 1 saturated heterocycles. The highest BCUT2D eigenvalue weighted by atomic mass is 79.9. The molecule has 5 N–H and O–H groups in total. The summed E-state index contributed by atoms with van der Waals surface area (Å²) in [5, 5.41) is 29.7. The number of aliphatic hydroxyl groups excluding tert-OH is 2. The van der Waals surface area contributed by atoms with E-state index in [0.29, 0.717) is 11.2 Å². The number of nitrogens with zero attached hydrogens (tertiary/aromatic N) is 4. The minimum absolute atomic E-state index is 0.175. The van der Waals surface area contributed by atoms with Gasteiger partial charge >= 0.3 is 0 Å².